The molecule has 1 aliphatic carbocycles. The van der Waals surface area contributed by atoms with Crippen LogP contribution in [0.25, 0.3) is 0 Å². The van der Waals surface area contributed by atoms with Gasteiger partial charge in [-0.3, -0.25) is 0 Å². The molecule has 1 aromatic carbocycles. The molecule has 108 valence electrons. The summed E-state index contributed by atoms with van der Waals surface area (Å²) in [6, 6.07) is 6.73. The molecule has 20 heavy (non-hydrogen) atoms. The van der Waals surface area contributed by atoms with Gasteiger partial charge in [-0.15, -0.1) is 0 Å². The molecule has 0 heterocycles. The summed E-state index contributed by atoms with van der Waals surface area (Å²) in [6.45, 7) is 8.55. The van der Waals surface area contributed by atoms with Crippen molar-refractivity contribution < 1.29 is 4.74 Å². The van der Waals surface area contributed by atoms with Crippen LogP contribution in [0.15, 0.2) is 12.1 Å². The fraction of sp³-hybridized carbons (Fsp3) is 0.611. The molecule has 3 atom stereocenters. The predicted molar refractivity (Wildman–Crippen MR) is 81.8 cm³/mol. The summed E-state index contributed by atoms with van der Waals surface area (Å²) in [4.78, 5) is 0. The van der Waals surface area contributed by atoms with Gasteiger partial charge in [0, 0.05) is 0 Å². The summed E-state index contributed by atoms with van der Waals surface area (Å²) in [6.07, 6.45) is 4.40. The minimum Gasteiger partial charge on any atom is -0.489 e. The first-order valence-electron chi connectivity index (χ1n) is 7.69. The van der Waals surface area contributed by atoms with E-state index in [1.165, 1.54) is 29.5 Å². The summed E-state index contributed by atoms with van der Waals surface area (Å²) in [7, 11) is 0. The van der Waals surface area contributed by atoms with Crippen molar-refractivity contribution in [1.82, 2.24) is 0 Å². The van der Waals surface area contributed by atoms with Gasteiger partial charge >= 0.3 is 0 Å². The number of rotatable bonds is 3. The summed E-state index contributed by atoms with van der Waals surface area (Å²) in [5.41, 5.74) is 3.68. The molecule has 0 aliphatic heterocycles. The average molecular weight is 271 g/mol. The van der Waals surface area contributed by atoms with Gasteiger partial charge in [0.15, 0.2) is 0 Å². The zero-order valence-corrected chi connectivity index (χ0v) is 13.1. The Balaban J connectivity index is 2.20. The summed E-state index contributed by atoms with van der Waals surface area (Å²) in [5, 5.41) is 9.35. The standard InChI is InChI=1S/C18H25NO/c1-5-15-6-7-16(11-19)18(10-15)20-17-9-12(2)8-13(3)14(17)4/h8-9,15-16,18H,5-7,10H2,1-4H3. The van der Waals surface area contributed by atoms with Gasteiger partial charge in [0.25, 0.3) is 0 Å². The van der Waals surface area contributed by atoms with Gasteiger partial charge in [-0.05, 0) is 68.7 Å². The van der Waals surface area contributed by atoms with Crippen molar-refractivity contribution in [2.45, 2.75) is 59.5 Å². The van der Waals surface area contributed by atoms with E-state index < -0.39 is 0 Å². The number of hydrogen-bond acceptors (Lipinski definition) is 2. The first-order chi connectivity index (χ1) is 9.55. The fourth-order valence-corrected chi connectivity index (χ4v) is 3.15. The molecule has 1 aliphatic rings. The van der Waals surface area contributed by atoms with Crippen LogP contribution < -0.4 is 4.74 Å². The lowest BCUT2D eigenvalue weighted by molar-refractivity contribution is 0.0885. The smallest absolute Gasteiger partial charge is 0.123 e. The molecule has 0 bridgehead atoms. The van der Waals surface area contributed by atoms with Gasteiger partial charge < -0.3 is 4.74 Å². The molecule has 0 radical (unpaired) electrons. The van der Waals surface area contributed by atoms with E-state index in [-0.39, 0.29) is 12.0 Å². The fourth-order valence-electron chi connectivity index (χ4n) is 3.15. The lowest BCUT2D eigenvalue weighted by atomic mass is 9.79. The number of nitriles is 1. The highest BCUT2D eigenvalue weighted by molar-refractivity contribution is 5.42. The third-order valence-electron chi connectivity index (χ3n) is 4.69. The Kier molecular flexibility index (Phi) is 4.70. The second-order valence-electron chi connectivity index (χ2n) is 6.18. The number of ether oxygens (including phenoxy) is 1. The molecule has 3 unspecified atom stereocenters. The van der Waals surface area contributed by atoms with Crippen molar-refractivity contribution in [3.8, 4) is 11.8 Å². The van der Waals surface area contributed by atoms with Crippen molar-refractivity contribution in [1.29, 1.82) is 5.26 Å². The van der Waals surface area contributed by atoms with Crippen LogP contribution in [0.1, 0.15) is 49.3 Å². The number of nitrogens with zero attached hydrogens (tertiary/aromatic N) is 1. The second-order valence-corrected chi connectivity index (χ2v) is 6.18. The predicted octanol–water partition coefficient (Wildman–Crippen LogP) is 4.71. The van der Waals surface area contributed by atoms with Crippen LogP contribution in [-0.4, -0.2) is 6.10 Å². The summed E-state index contributed by atoms with van der Waals surface area (Å²) < 4.78 is 6.26. The molecule has 1 fully saturated rings. The van der Waals surface area contributed by atoms with Crippen molar-refractivity contribution in [3.05, 3.63) is 28.8 Å². The third-order valence-corrected chi connectivity index (χ3v) is 4.69. The minimum absolute atomic E-state index is 0.0398. The first-order valence-corrected chi connectivity index (χ1v) is 7.69. The molecular weight excluding hydrogens is 246 g/mol. The SMILES string of the molecule is CCC1CCC(C#N)C(Oc2cc(C)cc(C)c2C)C1. The van der Waals surface area contributed by atoms with Gasteiger partial charge in [-0.1, -0.05) is 19.4 Å². The molecule has 1 saturated carbocycles. The maximum Gasteiger partial charge on any atom is 0.123 e. The Labute approximate surface area is 122 Å². The van der Waals surface area contributed by atoms with Crippen LogP contribution in [0.4, 0.5) is 0 Å². The molecule has 2 heteroatoms. The normalized spacial score (nSPS) is 26.1. The van der Waals surface area contributed by atoms with Crippen molar-refractivity contribution >= 4 is 0 Å². The highest BCUT2D eigenvalue weighted by atomic mass is 16.5. The van der Waals surface area contributed by atoms with Gasteiger partial charge in [0.05, 0.1) is 12.0 Å². The zero-order valence-electron chi connectivity index (χ0n) is 13.1. The Morgan fingerprint density at radius 1 is 1.25 bits per heavy atom. The Morgan fingerprint density at radius 3 is 2.65 bits per heavy atom. The molecule has 0 amide bonds. The molecule has 0 N–H and O–H groups in total. The number of hydrogen-bond donors (Lipinski definition) is 0. The van der Waals surface area contributed by atoms with Gasteiger partial charge in [0.1, 0.15) is 11.9 Å². The zero-order chi connectivity index (χ0) is 14.7. The Morgan fingerprint density at radius 2 is 2.00 bits per heavy atom. The maximum atomic E-state index is 9.35. The topological polar surface area (TPSA) is 33.0 Å². The van der Waals surface area contributed by atoms with E-state index in [1.807, 2.05) is 0 Å². The summed E-state index contributed by atoms with van der Waals surface area (Å²) in [5.74, 6) is 1.71. The van der Waals surface area contributed by atoms with Crippen LogP contribution in [0.3, 0.4) is 0 Å². The molecule has 0 spiro atoms. The van der Waals surface area contributed by atoms with Crippen LogP contribution in [0.5, 0.6) is 5.75 Å². The quantitative estimate of drug-likeness (QED) is 0.797. The summed E-state index contributed by atoms with van der Waals surface area (Å²) >= 11 is 0. The lowest BCUT2D eigenvalue weighted by Gasteiger charge is -2.33. The average Bonchev–Trinajstić information content (AvgIpc) is 2.44. The Bertz CT molecular complexity index is 515. The first kappa shape index (κ1) is 14.9. The highest BCUT2D eigenvalue weighted by Gasteiger charge is 2.31. The van der Waals surface area contributed by atoms with Crippen LogP contribution >= 0.6 is 0 Å². The van der Waals surface area contributed by atoms with E-state index >= 15 is 0 Å². The number of aryl methyl sites for hydroxylation is 2. The monoisotopic (exact) mass is 271 g/mol. The third kappa shape index (κ3) is 3.15. The van der Waals surface area contributed by atoms with Crippen molar-refractivity contribution in [2.75, 3.05) is 0 Å². The van der Waals surface area contributed by atoms with Gasteiger partial charge in [-0.2, -0.15) is 5.26 Å². The van der Waals surface area contributed by atoms with E-state index in [0.29, 0.717) is 5.92 Å². The molecular formula is C18H25NO. The Hall–Kier alpha value is -1.49. The van der Waals surface area contributed by atoms with Crippen molar-refractivity contribution in [2.24, 2.45) is 11.8 Å². The van der Waals surface area contributed by atoms with Gasteiger partial charge in [0.2, 0.25) is 0 Å². The van der Waals surface area contributed by atoms with Crippen LogP contribution in [0, 0.1) is 43.9 Å². The second kappa shape index (κ2) is 6.31. The molecule has 0 saturated heterocycles. The van der Waals surface area contributed by atoms with E-state index in [1.54, 1.807) is 0 Å². The van der Waals surface area contributed by atoms with E-state index in [2.05, 4.69) is 45.9 Å². The van der Waals surface area contributed by atoms with E-state index in [4.69, 9.17) is 4.74 Å². The van der Waals surface area contributed by atoms with E-state index in [0.717, 1.165) is 18.6 Å². The van der Waals surface area contributed by atoms with E-state index in [9.17, 15) is 5.26 Å². The van der Waals surface area contributed by atoms with Crippen LogP contribution in [-0.2, 0) is 0 Å². The number of benzene rings is 1. The van der Waals surface area contributed by atoms with Crippen molar-refractivity contribution in [3.63, 3.8) is 0 Å². The molecule has 2 rings (SSSR count). The lowest BCUT2D eigenvalue weighted by Crippen LogP contribution is -2.33. The minimum atomic E-state index is 0.0398. The molecule has 2 nitrogen and oxygen atoms in total. The highest BCUT2D eigenvalue weighted by Crippen LogP contribution is 2.35. The van der Waals surface area contributed by atoms with Gasteiger partial charge in [-0.25, -0.2) is 0 Å². The maximum absolute atomic E-state index is 9.35. The largest absolute Gasteiger partial charge is 0.489 e. The molecule has 0 aromatic heterocycles. The van der Waals surface area contributed by atoms with Crippen LogP contribution in [0.2, 0.25) is 0 Å². The molecule has 1 aromatic rings.